The van der Waals surface area contributed by atoms with E-state index in [0.29, 0.717) is 6.54 Å². The van der Waals surface area contributed by atoms with Crippen molar-refractivity contribution in [2.45, 2.75) is 25.8 Å². The largest absolute Gasteiger partial charge is 0.344 e. The van der Waals surface area contributed by atoms with Crippen LogP contribution >= 0.6 is 11.6 Å². The minimum Gasteiger partial charge on any atom is -0.344 e. The Morgan fingerprint density at radius 3 is 2.82 bits per heavy atom. The molecule has 144 valence electrons. The zero-order valence-electron chi connectivity index (χ0n) is 15.4. The molecule has 0 bridgehead atoms. The minimum absolute atomic E-state index is 0.112. The number of nitrogens with one attached hydrogen (secondary N) is 2. The second-order valence-corrected chi connectivity index (χ2v) is 7.30. The van der Waals surface area contributed by atoms with Gasteiger partial charge < -0.3 is 15.2 Å². The van der Waals surface area contributed by atoms with Gasteiger partial charge in [-0.05, 0) is 38.0 Å². The third-order valence-corrected chi connectivity index (χ3v) is 5.19. The van der Waals surface area contributed by atoms with E-state index < -0.39 is 5.82 Å². The number of rotatable bonds is 3. The summed E-state index contributed by atoms with van der Waals surface area (Å²) in [6, 6.07) is 13.6. The van der Waals surface area contributed by atoms with E-state index in [-0.39, 0.29) is 22.8 Å². The quantitative estimate of drug-likeness (QED) is 0.607. The average molecular weight is 399 g/mol. The first-order valence-electron chi connectivity index (χ1n) is 9.17. The normalized spacial score (nSPS) is 16.4. The molecule has 0 radical (unpaired) electrons. The van der Waals surface area contributed by atoms with Crippen molar-refractivity contribution in [2.75, 3.05) is 11.9 Å². The van der Waals surface area contributed by atoms with Crippen LogP contribution in [-0.4, -0.2) is 27.4 Å². The molecule has 5 nitrogen and oxygen atoms in total. The van der Waals surface area contributed by atoms with Gasteiger partial charge in [-0.2, -0.15) is 0 Å². The highest BCUT2D eigenvalue weighted by molar-refractivity contribution is 6.30. The van der Waals surface area contributed by atoms with Gasteiger partial charge in [0.2, 0.25) is 0 Å². The Morgan fingerprint density at radius 1 is 1.29 bits per heavy atom. The number of aryl methyl sites for hydroxylation is 1. The van der Waals surface area contributed by atoms with Gasteiger partial charge in [-0.25, -0.2) is 14.2 Å². The van der Waals surface area contributed by atoms with Gasteiger partial charge >= 0.3 is 6.03 Å². The Kier molecular flexibility index (Phi) is 5.05. The molecule has 0 saturated carbocycles. The van der Waals surface area contributed by atoms with Crippen LogP contribution in [0.4, 0.5) is 14.9 Å². The van der Waals surface area contributed by atoms with Crippen LogP contribution in [0.15, 0.2) is 48.5 Å². The summed E-state index contributed by atoms with van der Waals surface area (Å²) in [7, 11) is 0. The van der Waals surface area contributed by atoms with E-state index in [9.17, 15) is 9.18 Å². The highest BCUT2D eigenvalue weighted by Gasteiger charge is 2.33. The van der Waals surface area contributed by atoms with E-state index in [0.717, 1.165) is 35.6 Å². The second kappa shape index (κ2) is 7.64. The molecule has 1 aliphatic heterocycles. The molecule has 2 N–H and O–H groups in total. The third-order valence-electron chi connectivity index (χ3n) is 4.95. The fourth-order valence-corrected chi connectivity index (χ4v) is 3.75. The van der Waals surface area contributed by atoms with Crippen molar-refractivity contribution in [3.8, 4) is 11.3 Å². The lowest BCUT2D eigenvalue weighted by Gasteiger charge is -2.23. The number of amides is 2. The Labute approximate surface area is 167 Å². The van der Waals surface area contributed by atoms with Crippen LogP contribution in [0, 0.1) is 12.7 Å². The second-order valence-electron chi connectivity index (χ2n) is 6.87. The van der Waals surface area contributed by atoms with Gasteiger partial charge in [-0.1, -0.05) is 41.9 Å². The molecule has 0 aliphatic carbocycles. The third kappa shape index (κ3) is 3.60. The molecule has 0 spiro atoms. The first-order valence-corrected chi connectivity index (χ1v) is 9.55. The number of benzene rings is 2. The van der Waals surface area contributed by atoms with Crippen molar-refractivity contribution in [1.82, 2.24) is 14.9 Å². The lowest BCUT2D eigenvalue weighted by molar-refractivity contribution is 0.205. The number of urea groups is 1. The summed E-state index contributed by atoms with van der Waals surface area (Å²) in [5.41, 5.74) is 2.98. The van der Waals surface area contributed by atoms with E-state index in [1.807, 2.05) is 37.3 Å². The van der Waals surface area contributed by atoms with E-state index in [1.54, 1.807) is 11.0 Å². The smallest absolute Gasteiger partial charge is 0.322 e. The number of hydrogen-bond donors (Lipinski definition) is 2. The van der Waals surface area contributed by atoms with Gasteiger partial charge in [0.05, 0.1) is 17.4 Å². The summed E-state index contributed by atoms with van der Waals surface area (Å²) in [5, 5.41) is 2.93. The summed E-state index contributed by atoms with van der Waals surface area (Å²) in [5.74, 6) is 0.192. The highest BCUT2D eigenvalue weighted by atomic mass is 35.5. The van der Waals surface area contributed by atoms with E-state index in [4.69, 9.17) is 16.6 Å². The molecule has 1 aromatic heterocycles. The van der Waals surface area contributed by atoms with Gasteiger partial charge in [0.15, 0.2) is 0 Å². The number of halogens is 2. The van der Waals surface area contributed by atoms with Crippen LogP contribution in [0.3, 0.4) is 0 Å². The number of anilines is 1. The van der Waals surface area contributed by atoms with Crippen molar-refractivity contribution < 1.29 is 9.18 Å². The van der Waals surface area contributed by atoms with Crippen molar-refractivity contribution in [3.63, 3.8) is 0 Å². The highest BCUT2D eigenvalue weighted by Crippen LogP contribution is 2.33. The summed E-state index contributed by atoms with van der Waals surface area (Å²) in [6.45, 7) is 2.56. The molecule has 2 amide bonds. The summed E-state index contributed by atoms with van der Waals surface area (Å²) in [6.07, 6.45) is 1.67. The maximum absolute atomic E-state index is 14.0. The summed E-state index contributed by atoms with van der Waals surface area (Å²) >= 11 is 5.78. The molecule has 1 saturated heterocycles. The average Bonchev–Trinajstić information content (AvgIpc) is 3.31. The van der Waals surface area contributed by atoms with Crippen molar-refractivity contribution in [2.24, 2.45) is 0 Å². The first-order chi connectivity index (χ1) is 13.5. The standard InChI is InChI=1S/C21H20ClFN4O/c1-13-19(14-6-3-2-4-7-14)26-20(24-13)18-8-5-11-27(18)21(28)25-17-10-9-15(22)12-16(17)23/h2-4,6-7,9-10,12,18H,5,8,11H2,1H3,(H,24,26)(H,25,28)/t18-/m0/s1. The van der Waals surface area contributed by atoms with Gasteiger partial charge in [-0.3, -0.25) is 0 Å². The molecule has 28 heavy (non-hydrogen) atoms. The zero-order chi connectivity index (χ0) is 19.7. The van der Waals surface area contributed by atoms with Gasteiger partial charge in [-0.15, -0.1) is 0 Å². The lowest BCUT2D eigenvalue weighted by atomic mass is 10.1. The number of carbonyl (C=O) groups is 1. The predicted octanol–water partition coefficient (Wildman–Crippen LogP) is 5.55. The van der Waals surface area contributed by atoms with E-state index >= 15 is 0 Å². The molecule has 4 rings (SSSR count). The molecular formula is C21H20ClFN4O. The van der Waals surface area contributed by atoms with Crippen molar-refractivity contribution in [3.05, 3.63) is 70.9 Å². The number of nitrogens with zero attached hydrogens (tertiary/aromatic N) is 2. The van der Waals surface area contributed by atoms with E-state index in [1.165, 1.54) is 12.1 Å². The Bertz CT molecular complexity index is 1000. The SMILES string of the molecule is Cc1[nH]c([C@@H]2CCCN2C(=O)Nc2ccc(Cl)cc2F)nc1-c1ccccc1. The Balaban J connectivity index is 1.56. The summed E-state index contributed by atoms with van der Waals surface area (Å²) in [4.78, 5) is 22.6. The topological polar surface area (TPSA) is 61.0 Å². The molecule has 1 atom stereocenters. The fourth-order valence-electron chi connectivity index (χ4n) is 3.59. The number of likely N-dealkylation sites (tertiary alicyclic amines) is 1. The number of aromatic nitrogens is 2. The molecule has 1 aliphatic rings. The van der Waals surface area contributed by atoms with Crippen molar-refractivity contribution >= 4 is 23.3 Å². The van der Waals surface area contributed by atoms with Crippen LogP contribution in [-0.2, 0) is 0 Å². The Morgan fingerprint density at radius 2 is 2.07 bits per heavy atom. The van der Waals surface area contributed by atoms with Gasteiger partial charge in [0, 0.05) is 22.8 Å². The molecule has 2 heterocycles. The predicted molar refractivity (Wildman–Crippen MR) is 108 cm³/mol. The van der Waals surface area contributed by atoms with E-state index in [2.05, 4.69) is 10.3 Å². The first kappa shape index (κ1) is 18.5. The fraction of sp³-hybridized carbons (Fsp3) is 0.238. The maximum atomic E-state index is 14.0. The molecule has 0 unspecified atom stereocenters. The number of hydrogen-bond acceptors (Lipinski definition) is 2. The van der Waals surface area contributed by atoms with Gasteiger partial charge in [0.1, 0.15) is 11.6 Å². The van der Waals surface area contributed by atoms with Crippen molar-refractivity contribution in [1.29, 1.82) is 0 Å². The van der Waals surface area contributed by atoms with Crippen LogP contribution in [0.1, 0.15) is 30.4 Å². The molecule has 2 aromatic carbocycles. The van der Waals surface area contributed by atoms with Gasteiger partial charge in [0.25, 0.3) is 0 Å². The molecule has 7 heteroatoms. The maximum Gasteiger partial charge on any atom is 0.322 e. The molecular weight excluding hydrogens is 379 g/mol. The molecule has 3 aromatic rings. The van der Waals surface area contributed by atoms with Crippen LogP contribution in [0.2, 0.25) is 5.02 Å². The number of carbonyl (C=O) groups excluding carboxylic acids is 1. The zero-order valence-corrected chi connectivity index (χ0v) is 16.1. The minimum atomic E-state index is -0.559. The molecule has 1 fully saturated rings. The van der Waals surface area contributed by atoms with Crippen LogP contribution in [0.25, 0.3) is 11.3 Å². The monoisotopic (exact) mass is 398 g/mol. The van der Waals surface area contributed by atoms with Crippen LogP contribution in [0.5, 0.6) is 0 Å². The summed E-state index contributed by atoms with van der Waals surface area (Å²) < 4.78 is 14.0. The lowest BCUT2D eigenvalue weighted by Crippen LogP contribution is -2.35. The Hall–Kier alpha value is -2.86. The van der Waals surface area contributed by atoms with Crippen LogP contribution < -0.4 is 5.32 Å². The number of imidazole rings is 1. The number of aromatic amines is 1. The number of H-pyrrole nitrogens is 1.